The van der Waals surface area contributed by atoms with Crippen LogP contribution in [0.3, 0.4) is 0 Å². The number of amides is 1. The Morgan fingerprint density at radius 2 is 2.25 bits per heavy atom. The largest absolute Gasteiger partial charge is 0.397 e. The van der Waals surface area contributed by atoms with E-state index in [2.05, 4.69) is 15.3 Å². The summed E-state index contributed by atoms with van der Waals surface area (Å²) in [6.07, 6.45) is 3.53. The van der Waals surface area contributed by atoms with E-state index in [1.165, 1.54) is 18.1 Å². The number of benzene rings is 1. The Morgan fingerprint density at radius 3 is 2.95 bits per heavy atom. The number of nitrogens with two attached hydrogens (primary N) is 1. The monoisotopic (exact) mass is 308 g/mol. The van der Waals surface area contributed by atoms with Gasteiger partial charge in [0.25, 0.3) is 0 Å². The molecular formula is C13H13ClN4OS. The molecule has 0 aliphatic heterocycles. The minimum Gasteiger partial charge on any atom is -0.397 e. The zero-order valence-electron chi connectivity index (χ0n) is 10.5. The Bertz CT molecular complexity index is 594. The number of hydrogen-bond donors (Lipinski definition) is 2. The van der Waals surface area contributed by atoms with Gasteiger partial charge in [0.1, 0.15) is 6.33 Å². The molecule has 2 rings (SSSR count). The normalized spacial score (nSPS) is 10.2. The molecular weight excluding hydrogens is 296 g/mol. The van der Waals surface area contributed by atoms with Crippen LogP contribution in [0.1, 0.15) is 6.42 Å². The first-order chi connectivity index (χ1) is 9.65. The maximum atomic E-state index is 11.8. The van der Waals surface area contributed by atoms with Crippen LogP contribution in [0.4, 0.5) is 11.4 Å². The molecule has 0 saturated carbocycles. The van der Waals surface area contributed by atoms with Crippen LogP contribution in [-0.4, -0.2) is 21.6 Å². The van der Waals surface area contributed by atoms with Crippen LogP contribution >= 0.6 is 23.4 Å². The van der Waals surface area contributed by atoms with Crippen LogP contribution in [0.15, 0.2) is 41.8 Å². The number of carbonyl (C=O) groups excluding carboxylic acids is 1. The summed E-state index contributed by atoms with van der Waals surface area (Å²) in [7, 11) is 0. The predicted molar refractivity (Wildman–Crippen MR) is 81.9 cm³/mol. The highest BCUT2D eigenvalue weighted by atomic mass is 35.5. The quantitative estimate of drug-likeness (QED) is 0.504. The fourth-order valence-corrected chi connectivity index (χ4v) is 2.43. The molecule has 0 spiro atoms. The number of carbonyl (C=O) groups is 1. The Morgan fingerprint density at radius 1 is 1.40 bits per heavy atom. The number of nitrogen functional groups attached to an aromatic ring is 1. The minimum absolute atomic E-state index is 0.0967. The van der Waals surface area contributed by atoms with Crippen molar-refractivity contribution in [1.82, 2.24) is 9.97 Å². The highest BCUT2D eigenvalue weighted by Gasteiger charge is 2.06. The number of nitrogens with zero attached hydrogens (tertiary/aromatic N) is 2. The Labute approximate surface area is 126 Å². The molecule has 1 aromatic heterocycles. The van der Waals surface area contributed by atoms with E-state index in [0.717, 1.165) is 5.03 Å². The maximum absolute atomic E-state index is 11.8. The molecule has 7 heteroatoms. The highest BCUT2D eigenvalue weighted by Crippen LogP contribution is 2.23. The lowest BCUT2D eigenvalue weighted by Crippen LogP contribution is -2.13. The molecule has 0 saturated heterocycles. The van der Waals surface area contributed by atoms with Gasteiger partial charge in [0, 0.05) is 23.4 Å². The van der Waals surface area contributed by atoms with E-state index in [1.807, 2.05) is 0 Å². The summed E-state index contributed by atoms with van der Waals surface area (Å²) < 4.78 is 0. The summed E-state index contributed by atoms with van der Waals surface area (Å²) in [5.74, 6) is 0.539. The van der Waals surface area contributed by atoms with Gasteiger partial charge in [0.15, 0.2) is 0 Å². The van der Waals surface area contributed by atoms with Crippen molar-refractivity contribution >= 4 is 40.6 Å². The third-order valence-corrected chi connectivity index (χ3v) is 3.60. The van der Waals surface area contributed by atoms with Crippen LogP contribution in [0, 0.1) is 0 Å². The average molecular weight is 309 g/mol. The lowest BCUT2D eigenvalue weighted by molar-refractivity contribution is -0.115. The second-order valence-electron chi connectivity index (χ2n) is 3.93. The van der Waals surface area contributed by atoms with Gasteiger partial charge in [-0.05, 0) is 24.3 Å². The van der Waals surface area contributed by atoms with E-state index in [4.69, 9.17) is 17.3 Å². The van der Waals surface area contributed by atoms with Crippen LogP contribution in [0.2, 0.25) is 5.02 Å². The van der Waals surface area contributed by atoms with Crippen molar-refractivity contribution in [2.45, 2.75) is 11.4 Å². The lowest BCUT2D eigenvalue weighted by atomic mass is 10.2. The molecule has 0 radical (unpaired) electrons. The van der Waals surface area contributed by atoms with Crippen molar-refractivity contribution in [3.05, 3.63) is 41.8 Å². The van der Waals surface area contributed by atoms with Gasteiger partial charge < -0.3 is 11.1 Å². The minimum atomic E-state index is -0.0967. The van der Waals surface area contributed by atoms with Crippen molar-refractivity contribution in [2.75, 3.05) is 16.8 Å². The van der Waals surface area contributed by atoms with Gasteiger partial charge in [-0.1, -0.05) is 11.6 Å². The molecule has 20 heavy (non-hydrogen) atoms. The molecule has 1 heterocycles. The summed E-state index contributed by atoms with van der Waals surface area (Å²) in [6.45, 7) is 0. The summed E-state index contributed by atoms with van der Waals surface area (Å²) in [5, 5.41) is 4.14. The Kier molecular flexibility index (Phi) is 5.20. The number of hydrogen-bond acceptors (Lipinski definition) is 5. The zero-order valence-corrected chi connectivity index (χ0v) is 12.1. The fourth-order valence-electron chi connectivity index (χ4n) is 1.47. The fraction of sp³-hybridized carbons (Fsp3) is 0.154. The maximum Gasteiger partial charge on any atom is 0.225 e. The molecule has 3 N–H and O–H groups in total. The number of rotatable bonds is 5. The molecule has 0 atom stereocenters. The molecule has 0 aliphatic rings. The van der Waals surface area contributed by atoms with Gasteiger partial charge in [-0.25, -0.2) is 9.97 Å². The van der Waals surface area contributed by atoms with Crippen molar-refractivity contribution < 1.29 is 4.79 Å². The number of halogens is 1. The molecule has 2 aromatic rings. The van der Waals surface area contributed by atoms with Gasteiger partial charge in [0.05, 0.1) is 16.4 Å². The first kappa shape index (κ1) is 14.6. The van der Waals surface area contributed by atoms with Crippen LogP contribution < -0.4 is 11.1 Å². The Balaban J connectivity index is 1.81. The molecule has 1 aromatic carbocycles. The standard InChI is InChI=1S/C13H13ClN4OS/c14-9-1-2-11(10(15)7-9)18-12(19)4-6-20-13-3-5-16-8-17-13/h1-3,5,7-8H,4,6,15H2,(H,18,19). The first-order valence-corrected chi connectivity index (χ1v) is 7.25. The molecule has 5 nitrogen and oxygen atoms in total. The van der Waals surface area contributed by atoms with Gasteiger partial charge in [0.2, 0.25) is 5.91 Å². The summed E-state index contributed by atoms with van der Waals surface area (Å²) >= 11 is 7.30. The van der Waals surface area contributed by atoms with Crippen molar-refractivity contribution in [2.24, 2.45) is 0 Å². The van der Waals surface area contributed by atoms with Crippen molar-refractivity contribution in [3.63, 3.8) is 0 Å². The average Bonchev–Trinajstić information content (AvgIpc) is 2.43. The number of nitrogens with one attached hydrogen (secondary N) is 1. The van der Waals surface area contributed by atoms with E-state index in [0.29, 0.717) is 28.6 Å². The first-order valence-electron chi connectivity index (χ1n) is 5.89. The van der Waals surface area contributed by atoms with Crippen molar-refractivity contribution in [1.29, 1.82) is 0 Å². The van der Waals surface area contributed by atoms with E-state index < -0.39 is 0 Å². The summed E-state index contributed by atoms with van der Waals surface area (Å²) in [6, 6.07) is 6.78. The zero-order chi connectivity index (χ0) is 14.4. The Hall–Kier alpha value is -1.79. The third kappa shape index (κ3) is 4.40. The second-order valence-corrected chi connectivity index (χ2v) is 5.48. The van der Waals surface area contributed by atoms with Gasteiger partial charge in [-0.15, -0.1) is 11.8 Å². The second kappa shape index (κ2) is 7.12. The SMILES string of the molecule is Nc1cc(Cl)ccc1NC(=O)CCSc1ccncn1. The number of thioether (sulfide) groups is 1. The van der Waals surface area contributed by atoms with Crippen LogP contribution in [0.25, 0.3) is 0 Å². The molecule has 104 valence electrons. The molecule has 1 amide bonds. The van der Waals surface area contributed by atoms with Crippen LogP contribution in [-0.2, 0) is 4.79 Å². The van der Waals surface area contributed by atoms with Gasteiger partial charge in [-0.3, -0.25) is 4.79 Å². The lowest BCUT2D eigenvalue weighted by Gasteiger charge is -2.08. The van der Waals surface area contributed by atoms with Crippen LogP contribution in [0.5, 0.6) is 0 Å². The molecule has 0 fully saturated rings. The topological polar surface area (TPSA) is 80.9 Å². The van der Waals surface area contributed by atoms with E-state index >= 15 is 0 Å². The van der Waals surface area contributed by atoms with E-state index in [-0.39, 0.29) is 5.91 Å². The summed E-state index contributed by atoms with van der Waals surface area (Å²) in [4.78, 5) is 19.7. The predicted octanol–water partition coefficient (Wildman–Crippen LogP) is 2.83. The smallest absolute Gasteiger partial charge is 0.225 e. The molecule has 0 aliphatic carbocycles. The van der Waals surface area contributed by atoms with E-state index in [1.54, 1.807) is 30.5 Å². The third-order valence-electron chi connectivity index (χ3n) is 2.42. The molecule has 0 unspecified atom stereocenters. The summed E-state index contributed by atoms with van der Waals surface area (Å²) in [5.41, 5.74) is 6.80. The molecule has 0 bridgehead atoms. The van der Waals surface area contributed by atoms with Crippen molar-refractivity contribution in [3.8, 4) is 0 Å². The van der Waals surface area contributed by atoms with E-state index in [9.17, 15) is 4.79 Å². The highest BCUT2D eigenvalue weighted by molar-refractivity contribution is 7.99. The van der Waals surface area contributed by atoms with Gasteiger partial charge in [-0.2, -0.15) is 0 Å². The number of aromatic nitrogens is 2. The number of anilines is 2. The van der Waals surface area contributed by atoms with Gasteiger partial charge >= 0.3 is 0 Å².